The summed E-state index contributed by atoms with van der Waals surface area (Å²) in [6.45, 7) is 5.63. The summed E-state index contributed by atoms with van der Waals surface area (Å²) in [5.41, 5.74) is 0.388. The van der Waals surface area contributed by atoms with Crippen LogP contribution < -0.4 is 0 Å². The Balaban J connectivity index is 3.42. The van der Waals surface area contributed by atoms with E-state index < -0.39 is 11.9 Å². The number of pyridine rings is 1. The molecule has 1 rings (SSSR count). The van der Waals surface area contributed by atoms with E-state index in [0.717, 1.165) is 6.20 Å². The van der Waals surface area contributed by atoms with Crippen LogP contribution in [-0.2, 0) is 10.2 Å². The van der Waals surface area contributed by atoms with Crippen LogP contribution >= 0.6 is 0 Å². The summed E-state index contributed by atoms with van der Waals surface area (Å²) >= 11 is 0. The summed E-state index contributed by atoms with van der Waals surface area (Å²) in [4.78, 5) is 26.3. The van der Waals surface area contributed by atoms with Crippen molar-refractivity contribution in [2.24, 2.45) is 0 Å². The Morgan fingerprint density at radius 3 is 2.35 bits per heavy atom. The molecule has 0 bridgehead atoms. The van der Waals surface area contributed by atoms with Crippen LogP contribution in [0.25, 0.3) is 0 Å². The van der Waals surface area contributed by atoms with E-state index in [2.05, 4.69) is 9.72 Å². The summed E-state index contributed by atoms with van der Waals surface area (Å²) in [5.74, 6) is -1.63. The number of carbonyl (C=O) groups is 2. The maximum absolute atomic E-state index is 11.5. The standard InChI is InChI=1S/C12H15NO4/c1-12(2,3)8-5-7(10(14)15)6-13-9(8)11(16)17-4/h5-6H,1-4H3,(H,14,15). The lowest BCUT2D eigenvalue weighted by Crippen LogP contribution is -2.20. The first-order valence-electron chi connectivity index (χ1n) is 5.09. The summed E-state index contributed by atoms with van der Waals surface area (Å²) < 4.78 is 4.62. The zero-order chi connectivity index (χ0) is 13.2. The van der Waals surface area contributed by atoms with E-state index in [0.29, 0.717) is 5.56 Å². The Bertz CT molecular complexity index is 460. The molecule has 1 aromatic heterocycles. The number of aromatic carboxylic acids is 1. The van der Waals surface area contributed by atoms with Gasteiger partial charge in [-0.25, -0.2) is 14.6 Å². The fourth-order valence-electron chi connectivity index (χ4n) is 1.41. The zero-order valence-electron chi connectivity index (χ0n) is 10.3. The van der Waals surface area contributed by atoms with Crippen LogP contribution in [0, 0.1) is 0 Å². The normalized spacial score (nSPS) is 11.1. The van der Waals surface area contributed by atoms with Crippen LogP contribution in [0.4, 0.5) is 0 Å². The Labute approximate surface area is 99.4 Å². The lowest BCUT2D eigenvalue weighted by molar-refractivity contribution is 0.0588. The van der Waals surface area contributed by atoms with Crippen molar-refractivity contribution >= 4 is 11.9 Å². The third-order valence-electron chi connectivity index (χ3n) is 2.32. The average Bonchev–Trinajstić information content (AvgIpc) is 2.26. The summed E-state index contributed by atoms with van der Waals surface area (Å²) in [7, 11) is 1.27. The van der Waals surface area contributed by atoms with Gasteiger partial charge in [0.05, 0.1) is 12.7 Å². The summed E-state index contributed by atoms with van der Waals surface area (Å²) in [6, 6.07) is 1.46. The van der Waals surface area contributed by atoms with Crippen LogP contribution in [0.5, 0.6) is 0 Å². The van der Waals surface area contributed by atoms with E-state index >= 15 is 0 Å². The Kier molecular flexibility index (Phi) is 3.50. The second-order valence-corrected chi connectivity index (χ2v) is 4.67. The van der Waals surface area contributed by atoms with Gasteiger partial charge in [0.15, 0.2) is 5.69 Å². The van der Waals surface area contributed by atoms with E-state index in [9.17, 15) is 9.59 Å². The molecular weight excluding hydrogens is 222 g/mol. The SMILES string of the molecule is COC(=O)c1ncc(C(=O)O)cc1C(C)(C)C. The van der Waals surface area contributed by atoms with E-state index in [4.69, 9.17) is 5.11 Å². The molecule has 0 unspecified atom stereocenters. The molecule has 0 aliphatic rings. The first kappa shape index (κ1) is 13.2. The number of methoxy groups -OCH3 is 1. The molecule has 0 saturated carbocycles. The number of carboxylic acid groups (broad SMARTS) is 1. The maximum atomic E-state index is 11.5. The smallest absolute Gasteiger partial charge is 0.356 e. The molecule has 0 aliphatic heterocycles. The fourth-order valence-corrected chi connectivity index (χ4v) is 1.41. The van der Waals surface area contributed by atoms with Crippen molar-refractivity contribution in [3.8, 4) is 0 Å². The van der Waals surface area contributed by atoms with Gasteiger partial charge in [0.25, 0.3) is 0 Å². The number of aromatic nitrogens is 1. The number of hydrogen-bond donors (Lipinski definition) is 1. The second kappa shape index (κ2) is 4.53. The molecule has 5 heteroatoms. The van der Waals surface area contributed by atoms with Crippen molar-refractivity contribution < 1.29 is 19.4 Å². The molecule has 1 heterocycles. The van der Waals surface area contributed by atoms with E-state index in [1.54, 1.807) is 0 Å². The molecule has 0 aromatic carbocycles. The average molecular weight is 237 g/mol. The third-order valence-corrected chi connectivity index (χ3v) is 2.32. The highest BCUT2D eigenvalue weighted by atomic mass is 16.5. The van der Waals surface area contributed by atoms with Gasteiger partial charge in [0.2, 0.25) is 0 Å². The van der Waals surface area contributed by atoms with Gasteiger partial charge in [0, 0.05) is 6.20 Å². The lowest BCUT2D eigenvalue weighted by atomic mass is 9.85. The number of esters is 1. The number of nitrogens with zero attached hydrogens (tertiary/aromatic N) is 1. The van der Waals surface area contributed by atoms with Gasteiger partial charge >= 0.3 is 11.9 Å². The molecule has 0 radical (unpaired) electrons. The van der Waals surface area contributed by atoms with Gasteiger partial charge in [-0.2, -0.15) is 0 Å². The summed E-state index contributed by atoms with van der Waals surface area (Å²) in [5, 5.41) is 8.91. The number of carbonyl (C=O) groups excluding carboxylic acids is 1. The van der Waals surface area contributed by atoms with Crippen LogP contribution in [-0.4, -0.2) is 29.1 Å². The van der Waals surface area contributed by atoms with Crippen molar-refractivity contribution in [1.82, 2.24) is 4.98 Å². The first-order chi connectivity index (χ1) is 7.77. The fraction of sp³-hybridized carbons (Fsp3) is 0.417. The molecule has 1 aromatic rings. The largest absolute Gasteiger partial charge is 0.478 e. The highest BCUT2D eigenvalue weighted by molar-refractivity contribution is 5.92. The van der Waals surface area contributed by atoms with E-state index in [1.165, 1.54) is 13.2 Å². The molecule has 0 fully saturated rings. The number of carboxylic acids is 1. The molecule has 17 heavy (non-hydrogen) atoms. The van der Waals surface area contributed by atoms with E-state index in [-0.39, 0.29) is 16.7 Å². The molecule has 0 atom stereocenters. The molecule has 0 aliphatic carbocycles. The van der Waals surface area contributed by atoms with Crippen molar-refractivity contribution in [3.63, 3.8) is 0 Å². The van der Waals surface area contributed by atoms with Crippen molar-refractivity contribution in [3.05, 3.63) is 29.1 Å². The minimum Gasteiger partial charge on any atom is -0.478 e. The van der Waals surface area contributed by atoms with Gasteiger partial charge < -0.3 is 9.84 Å². The zero-order valence-corrected chi connectivity index (χ0v) is 10.3. The minimum absolute atomic E-state index is 0.0579. The molecule has 5 nitrogen and oxygen atoms in total. The Morgan fingerprint density at radius 1 is 1.35 bits per heavy atom. The number of ether oxygens (including phenoxy) is 1. The Hall–Kier alpha value is -1.91. The molecule has 0 spiro atoms. The first-order valence-corrected chi connectivity index (χ1v) is 5.09. The molecular formula is C12H15NO4. The predicted octanol–water partition coefficient (Wildman–Crippen LogP) is 1.86. The van der Waals surface area contributed by atoms with Crippen molar-refractivity contribution in [2.75, 3.05) is 7.11 Å². The van der Waals surface area contributed by atoms with Gasteiger partial charge in [0.1, 0.15) is 0 Å². The lowest BCUT2D eigenvalue weighted by Gasteiger charge is -2.21. The predicted molar refractivity (Wildman–Crippen MR) is 61.2 cm³/mol. The number of rotatable bonds is 2. The van der Waals surface area contributed by atoms with Gasteiger partial charge in [-0.15, -0.1) is 0 Å². The van der Waals surface area contributed by atoms with Gasteiger partial charge in [-0.05, 0) is 17.0 Å². The van der Waals surface area contributed by atoms with E-state index in [1.807, 2.05) is 20.8 Å². The van der Waals surface area contributed by atoms with Crippen molar-refractivity contribution in [2.45, 2.75) is 26.2 Å². The van der Waals surface area contributed by atoms with Gasteiger partial charge in [-0.3, -0.25) is 0 Å². The quantitative estimate of drug-likeness (QED) is 0.794. The third kappa shape index (κ3) is 2.81. The van der Waals surface area contributed by atoms with Crippen molar-refractivity contribution in [1.29, 1.82) is 0 Å². The molecule has 1 N–H and O–H groups in total. The van der Waals surface area contributed by atoms with Gasteiger partial charge in [-0.1, -0.05) is 20.8 Å². The van der Waals surface area contributed by atoms with Crippen LogP contribution in [0.15, 0.2) is 12.3 Å². The topological polar surface area (TPSA) is 76.5 Å². The van der Waals surface area contributed by atoms with Crippen LogP contribution in [0.3, 0.4) is 0 Å². The number of hydrogen-bond acceptors (Lipinski definition) is 4. The minimum atomic E-state index is -1.07. The van der Waals surface area contributed by atoms with Crippen LogP contribution in [0.2, 0.25) is 0 Å². The molecule has 0 amide bonds. The monoisotopic (exact) mass is 237 g/mol. The second-order valence-electron chi connectivity index (χ2n) is 4.67. The highest BCUT2D eigenvalue weighted by Crippen LogP contribution is 2.26. The van der Waals surface area contributed by atoms with Crippen LogP contribution in [0.1, 0.15) is 47.2 Å². The maximum Gasteiger partial charge on any atom is 0.356 e. The highest BCUT2D eigenvalue weighted by Gasteiger charge is 2.25. The Morgan fingerprint density at radius 2 is 1.94 bits per heavy atom. The molecule has 0 saturated heterocycles. The summed E-state index contributed by atoms with van der Waals surface area (Å²) in [6.07, 6.45) is 1.16. The molecule has 92 valence electrons.